The quantitative estimate of drug-likeness (QED) is 0.519. The van der Waals surface area contributed by atoms with Crippen molar-refractivity contribution in [3.05, 3.63) is 29.8 Å². The number of aryl methyl sites for hydroxylation is 1. The van der Waals surface area contributed by atoms with Crippen LogP contribution in [0.3, 0.4) is 0 Å². The molecule has 0 aliphatic heterocycles. The molecule has 0 radical (unpaired) electrons. The molecule has 19 heavy (non-hydrogen) atoms. The molecule has 0 aliphatic rings. The second-order valence-electron chi connectivity index (χ2n) is 4.86. The number of ether oxygens (including phenoxy) is 1. The monoisotopic (exact) mass is 281 g/mol. The van der Waals surface area contributed by atoms with Gasteiger partial charge in [0.25, 0.3) is 0 Å². The molecule has 2 nitrogen and oxygen atoms in total. The standard InChI is InChI=1S/C16H27NOS/c1-4-11-17-15(9-7-12-18-3)13-19-16-10-6-5-8-14(16)2/h5-6,8,10,15,17H,4,7,9,11-13H2,1-3H3. The van der Waals surface area contributed by atoms with Crippen molar-refractivity contribution in [3.8, 4) is 0 Å². The van der Waals surface area contributed by atoms with Crippen LogP contribution in [0.15, 0.2) is 29.2 Å². The minimum Gasteiger partial charge on any atom is -0.385 e. The Morgan fingerprint density at radius 2 is 2.11 bits per heavy atom. The Morgan fingerprint density at radius 1 is 1.32 bits per heavy atom. The highest BCUT2D eigenvalue weighted by Gasteiger charge is 2.09. The number of methoxy groups -OCH3 is 1. The highest BCUT2D eigenvalue weighted by Crippen LogP contribution is 2.23. The van der Waals surface area contributed by atoms with E-state index >= 15 is 0 Å². The lowest BCUT2D eigenvalue weighted by molar-refractivity contribution is 0.189. The van der Waals surface area contributed by atoms with Crippen LogP contribution in [0.2, 0.25) is 0 Å². The molecule has 1 atom stereocenters. The average Bonchev–Trinajstić information content (AvgIpc) is 2.43. The molecule has 1 rings (SSSR count). The zero-order valence-corrected chi connectivity index (χ0v) is 13.3. The van der Waals surface area contributed by atoms with E-state index in [0.717, 1.165) is 25.3 Å². The van der Waals surface area contributed by atoms with Gasteiger partial charge in [0.1, 0.15) is 0 Å². The number of benzene rings is 1. The van der Waals surface area contributed by atoms with E-state index in [0.29, 0.717) is 6.04 Å². The average molecular weight is 281 g/mol. The first-order valence-corrected chi connectivity index (χ1v) is 8.17. The minimum absolute atomic E-state index is 0.583. The molecule has 0 aliphatic carbocycles. The molecule has 1 aromatic carbocycles. The normalized spacial score (nSPS) is 12.6. The summed E-state index contributed by atoms with van der Waals surface area (Å²) in [6, 6.07) is 9.20. The highest BCUT2D eigenvalue weighted by atomic mass is 32.2. The van der Waals surface area contributed by atoms with Gasteiger partial charge in [-0.3, -0.25) is 0 Å². The molecular formula is C16H27NOS. The van der Waals surface area contributed by atoms with Crippen molar-refractivity contribution in [2.45, 2.75) is 44.0 Å². The summed E-state index contributed by atoms with van der Waals surface area (Å²) in [5, 5.41) is 3.64. The summed E-state index contributed by atoms with van der Waals surface area (Å²) >= 11 is 1.96. The van der Waals surface area contributed by atoms with E-state index in [2.05, 4.69) is 43.4 Å². The fourth-order valence-electron chi connectivity index (χ4n) is 1.98. The van der Waals surface area contributed by atoms with Gasteiger partial charge in [-0.25, -0.2) is 0 Å². The Kier molecular flexibility index (Phi) is 8.97. The summed E-state index contributed by atoms with van der Waals surface area (Å²) in [5.74, 6) is 1.13. The summed E-state index contributed by atoms with van der Waals surface area (Å²) in [7, 11) is 1.77. The summed E-state index contributed by atoms with van der Waals surface area (Å²) in [6.45, 7) is 6.36. The Balaban J connectivity index is 2.40. The van der Waals surface area contributed by atoms with Crippen LogP contribution < -0.4 is 5.32 Å². The maximum atomic E-state index is 5.14. The lowest BCUT2D eigenvalue weighted by Crippen LogP contribution is -2.32. The number of hydrogen-bond acceptors (Lipinski definition) is 3. The number of nitrogens with one attached hydrogen (secondary N) is 1. The van der Waals surface area contributed by atoms with Crippen molar-refractivity contribution in [1.29, 1.82) is 0 Å². The topological polar surface area (TPSA) is 21.3 Å². The summed E-state index contributed by atoms with van der Waals surface area (Å²) < 4.78 is 5.14. The van der Waals surface area contributed by atoms with E-state index in [1.165, 1.54) is 23.3 Å². The third kappa shape index (κ3) is 7.00. The highest BCUT2D eigenvalue weighted by molar-refractivity contribution is 7.99. The Hall–Kier alpha value is -0.510. The Morgan fingerprint density at radius 3 is 2.79 bits per heavy atom. The van der Waals surface area contributed by atoms with Crippen molar-refractivity contribution < 1.29 is 4.74 Å². The van der Waals surface area contributed by atoms with Gasteiger partial charge in [0, 0.05) is 30.4 Å². The van der Waals surface area contributed by atoms with Crippen LogP contribution in [-0.2, 0) is 4.74 Å². The predicted molar refractivity (Wildman–Crippen MR) is 85.1 cm³/mol. The van der Waals surface area contributed by atoms with E-state index in [9.17, 15) is 0 Å². The first-order valence-electron chi connectivity index (χ1n) is 7.18. The number of rotatable bonds is 10. The van der Waals surface area contributed by atoms with Crippen LogP contribution in [0.5, 0.6) is 0 Å². The molecule has 1 N–H and O–H groups in total. The molecule has 0 saturated carbocycles. The maximum absolute atomic E-state index is 5.14. The van der Waals surface area contributed by atoms with Gasteiger partial charge in [-0.05, 0) is 44.4 Å². The lowest BCUT2D eigenvalue weighted by Gasteiger charge is -2.18. The lowest BCUT2D eigenvalue weighted by atomic mass is 10.2. The van der Waals surface area contributed by atoms with Gasteiger partial charge in [0.15, 0.2) is 0 Å². The smallest absolute Gasteiger partial charge is 0.0462 e. The van der Waals surface area contributed by atoms with Crippen molar-refractivity contribution in [1.82, 2.24) is 5.32 Å². The van der Waals surface area contributed by atoms with E-state index in [1.807, 2.05) is 11.8 Å². The molecule has 0 heterocycles. The molecule has 0 spiro atoms. The van der Waals surface area contributed by atoms with Crippen molar-refractivity contribution >= 4 is 11.8 Å². The van der Waals surface area contributed by atoms with Crippen LogP contribution >= 0.6 is 11.8 Å². The van der Waals surface area contributed by atoms with Gasteiger partial charge in [0.05, 0.1) is 0 Å². The van der Waals surface area contributed by atoms with Crippen LogP contribution in [0.25, 0.3) is 0 Å². The third-order valence-corrected chi connectivity index (χ3v) is 4.46. The molecule has 1 aromatic rings. The zero-order chi connectivity index (χ0) is 13.9. The van der Waals surface area contributed by atoms with E-state index in [-0.39, 0.29) is 0 Å². The van der Waals surface area contributed by atoms with Gasteiger partial charge >= 0.3 is 0 Å². The Labute approximate surface area is 122 Å². The molecule has 0 fully saturated rings. The molecule has 3 heteroatoms. The molecule has 108 valence electrons. The molecule has 0 aromatic heterocycles. The second kappa shape index (κ2) is 10.3. The van der Waals surface area contributed by atoms with Gasteiger partial charge < -0.3 is 10.1 Å². The number of hydrogen-bond donors (Lipinski definition) is 1. The molecular weight excluding hydrogens is 254 g/mol. The fourth-order valence-corrected chi connectivity index (χ4v) is 3.11. The summed E-state index contributed by atoms with van der Waals surface area (Å²) in [5.41, 5.74) is 1.37. The van der Waals surface area contributed by atoms with Crippen LogP contribution in [0.4, 0.5) is 0 Å². The van der Waals surface area contributed by atoms with Crippen molar-refractivity contribution in [2.75, 3.05) is 26.0 Å². The van der Waals surface area contributed by atoms with E-state index in [1.54, 1.807) is 7.11 Å². The minimum atomic E-state index is 0.583. The molecule has 1 unspecified atom stereocenters. The van der Waals surface area contributed by atoms with Crippen LogP contribution in [0.1, 0.15) is 31.7 Å². The molecule has 0 bridgehead atoms. The molecule has 0 amide bonds. The SMILES string of the molecule is CCCNC(CCCOC)CSc1ccccc1C. The summed E-state index contributed by atoms with van der Waals surface area (Å²) in [6.07, 6.45) is 3.51. The van der Waals surface area contributed by atoms with Gasteiger partial charge in [0.2, 0.25) is 0 Å². The zero-order valence-electron chi connectivity index (χ0n) is 12.4. The predicted octanol–water partition coefficient (Wildman–Crippen LogP) is 3.88. The number of thioether (sulfide) groups is 1. The summed E-state index contributed by atoms with van der Waals surface area (Å²) in [4.78, 5) is 1.40. The first-order chi connectivity index (χ1) is 9.27. The van der Waals surface area contributed by atoms with Gasteiger partial charge in [-0.2, -0.15) is 0 Å². The Bertz CT molecular complexity index is 343. The second-order valence-corrected chi connectivity index (χ2v) is 5.92. The third-order valence-electron chi connectivity index (χ3n) is 3.12. The first kappa shape index (κ1) is 16.5. The van der Waals surface area contributed by atoms with Crippen molar-refractivity contribution in [2.24, 2.45) is 0 Å². The van der Waals surface area contributed by atoms with Crippen molar-refractivity contribution in [3.63, 3.8) is 0 Å². The van der Waals surface area contributed by atoms with Gasteiger partial charge in [-0.1, -0.05) is 25.1 Å². The maximum Gasteiger partial charge on any atom is 0.0462 e. The fraction of sp³-hybridized carbons (Fsp3) is 0.625. The largest absolute Gasteiger partial charge is 0.385 e. The van der Waals surface area contributed by atoms with E-state index in [4.69, 9.17) is 4.74 Å². The van der Waals surface area contributed by atoms with Crippen LogP contribution in [0, 0.1) is 6.92 Å². The molecule has 0 saturated heterocycles. The van der Waals surface area contributed by atoms with E-state index < -0.39 is 0 Å². The van der Waals surface area contributed by atoms with Crippen LogP contribution in [-0.4, -0.2) is 32.1 Å². The van der Waals surface area contributed by atoms with Gasteiger partial charge in [-0.15, -0.1) is 11.8 Å².